The molecule has 0 saturated heterocycles. The largest absolute Gasteiger partial charge is 0.454 e. The smallest absolute Gasteiger partial charge is 0.231 e. The van der Waals surface area contributed by atoms with Gasteiger partial charge in [0.1, 0.15) is 0 Å². The Balaban J connectivity index is 2.13. The fourth-order valence-corrected chi connectivity index (χ4v) is 1.64. The third kappa shape index (κ3) is 2.35. The van der Waals surface area contributed by atoms with Crippen molar-refractivity contribution >= 4 is 11.5 Å². The van der Waals surface area contributed by atoms with Gasteiger partial charge >= 0.3 is 0 Å². The van der Waals surface area contributed by atoms with Crippen LogP contribution in [0.25, 0.3) is 0 Å². The predicted molar refractivity (Wildman–Crippen MR) is 63.7 cm³/mol. The van der Waals surface area contributed by atoms with Crippen molar-refractivity contribution in [3.05, 3.63) is 18.2 Å². The Morgan fingerprint density at radius 3 is 3.00 bits per heavy atom. The second kappa shape index (κ2) is 4.82. The van der Waals surface area contributed by atoms with E-state index in [1.807, 2.05) is 25.1 Å². The summed E-state index contributed by atoms with van der Waals surface area (Å²) in [5.41, 5.74) is 6.41. The second-order valence-electron chi connectivity index (χ2n) is 3.70. The van der Waals surface area contributed by atoms with E-state index in [9.17, 15) is 0 Å². The predicted octanol–water partition coefficient (Wildman–Crippen LogP) is 1.35. The Kier molecular flexibility index (Phi) is 3.22. The van der Waals surface area contributed by atoms with Crippen LogP contribution in [-0.4, -0.2) is 23.9 Å². The van der Waals surface area contributed by atoms with Crippen LogP contribution in [0.15, 0.2) is 23.4 Å². The van der Waals surface area contributed by atoms with Crippen molar-refractivity contribution in [3.8, 4) is 11.5 Å². The van der Waals surface area contributed by atoms with Gasteiger partial charge in [-0.2, -0.15) is 0 Å². The summed E-state index contributed by atoms with van der Waals surface area (Å²) in [5.74, 6) is 1.59. The first-order valence-electron chi connectivity index (χ1n) is 5.38. The number of ether oxygens (including phenoxy) is 2. The summed E-state index contributed by atoms with van der Waals surface area (Å²) in [7, 11) is 0. The molecule has 1 unspecified atom stereocenters. The summed E-state index contributed by atoms with van der Waals surface area (Å²) in [4.78, 5) is 0. The first kappa shape index (κ1) is 11.4. The minimum Gasteiger partial charge on any atom is -0.454 e. The molecule has 0 aliphatic carbocycles. The third-order valence-electron chi connectivity index (χ3n) is 2.59. The number of benzene rings is 1. The van der Waals surface area contributed by atoms with Gasteiger partial charge in [-0.05, 0) is 18.6 Å². The molecule has 0 fully saturated rings. The van der Waals surface area contributed by atoms with Crippen molar-refractivity contribution in [3.63, 3.8) is 0 Å². The van der Waals surface area contributed by atoms with Gasteiger partial charge in [-0.1, -0.05) is 12.1 Å². The van der Waals surface area contributed by atoms with E-state index >= 15 is 0 Å². The zero-order valence-corrected chi connectivity index (χ0v) is 9.51. The van der Waals surface area contributed by atoms with E-state index in [-0.39, 0.29) is 18.7 Å². The molecule has 1 heterocycles. The van der Waals surface area contributed by atoms with E-state index in [1.54, 1.807) is 0 Å². The van der Waals surface area contributed by atoms with Crippen LogP contribution in [0, 0.1) is 0 Å². The van der Waals surface area contributed by atoms with Gasteiger partial charge in [0.2, 0.25) is 6.79 Å². The highest BCUT2D eigenvalue weighted by molar-refractivity contribution is 5.87. The van der Waals surface area contributed by atoms with Gasteiger partial charge in [0, 0.05) is 11.8 Å². The van der Waals surface area contributed by atoms with Crippen molar-refractivity contribution in [2.45, 2.75) is 19.4 Å². The Hall–Kier alpha value is -2.11. The van der Waals surface area contributed by atoms with Crippen LogP contribution in [0.4, 0.5) is 5.69 Å². The topological polar surface area (TPSA) is 89.1 Å². The number of nitrogens with two attached hydrogens (primary N) is 1. The normalized spacial score (nSPS) is 15.7. The van der Waals surface area contributed by atoms with Crippen LogP contribution in [-0.2, 0) is 0 Å². The van der Waals surface area contributed by atoms with Crippen LogP contribution in [0.1, 0.15) is 13.3 Å². The number of rotatable bonds is 4. The monoisotopic (exact) mass is 237 g/mol. The summed E-state index contributed by atoms with van der Waals surface area (Å²) >= 11 is 0. The van der Waals surface area contributed by atoms with Crippen molar-refractivity contribution in [2.75, 3.05) is 12.1 Å². The number of hydrogen-bond acceptors (Lipinski definition) is 5. The van der Waals surface area contributed by atoms with Gasteiger partial charge in [0.15, 0.2) is 17.3 Å². The number of amidine groups is 1. The van der Waals surface area contributed by atoms with Crippen LogP contribution in [0.3, 0.4) is 0 Å². The number of oxime groups is 1. The van der Waals surface area contributed by atoms with Crippen LogP contribution < -0.4 is 20.5 Å². The second-order valence-corrected chi connectivity index (χ2v) is 3.70. The van der Waals surface area contributed by atoms with Crippen LogP contribution in [0.5, 0.6) is 11.5 Å². The standard InChI is InChI=1S/C11H15N3O3/c1-2-8(11(12)14-15)13-7-3-4-9-10(5-7)17-6-16-9/h3-5,8,13,15H,2,6H2,1H3,(H2,12,14). The molecular formula is C11H15N3O3. The molecule has 1 aliphatic heterocycles. The summed E-state index contributed by atoms with van der Waals surface area (Å²) in [5, 5.41) is 14.8. The highest BCUT2D eigenvalue weighted by Crippen LogP contribution is 2.34. The summed E-state index contributed by atoms with van der Waals surface area (Å²) in [6.07, 6.45) is 0.713. The molecule has 92 valence electrons. The molecule has 4 N–H and O–H groups in total. The molecule has 6 nitrogen and oxygen atoms in total. The van der Waals surface area contributed by atoms with E-state index < -0.39 is 0 Å². The Morgan fingerprint density at radius 1 is 1.53 bits per heavy atom. The molecule has 1 aromatic rings. The molecule has 17 heavy (non-hydrogen) atoms. The molecule has 1 atom stereocenters. The van der Waals surface area contributed by atoms with E-state index in [2.05, 4.69) is 10.5 Å². The molecule has 0 amide bonds. The number of nitrogens with zero attached hydrogens (tertiary/aromatic N) is 1. The highest BCUT2D eigenvalue weighted by Gasteiger charge is 2.16. The van der Waals surface area contributed by atoms with E-state index in [0.717, 1.165) is 11.4 Å². The van der Waals surface area contributed by atoms with Crippen molar-refractivity contribution < 1.29 is 14.7 Å². The van der Waals surface area contributed by atoms with Crippen LogP contribution >= 0.6 is 0 Å². The zero-order valence-electron chi connectivity index (χ0n) is 9.51. The molecule has 0 aromatic heterocycles. The maximum Gasteiger partial charge on any atom is 0.231 e. The summed E-state index contributed by atoms with van der Waals surface area (Å²) in [6, 6.07) is 5.31. The van der Waals surface area contributed by atoms with Gasteiger partial charge in [-0.25, -0.2) is 0 Å². The summed E-state index contributed by atoms with van der Waals surface area (Å²) in [6.45, 7) is 2.19. The van der Waals surface area contributed by atoms with Crippen molar-refractivity contribution in [1.29, 1.82) is 0 Å². The molecule has 2 rings (SSSR count). The van der Waals surface area contributed by atoms with E-state index in [0.29, 0.717) is 12.2 Å². The first-order chi connectivity index (χ1) is 8.24. The number of anilines is 1. The number of hydrogen-bond donors (Lipinski definition) is 3. The minimum atomic E-state index is -0.208. The fraction of sp³-hybridized carbons (Fsp3) is 0.364. The lowest BCUT2D eigenvalue weighted by Crippen LogP contribution is -2.35. The minimum absolute atomic E-state index is 0.158. The van der Waals surface area contributed by atoms with E-state index in [1.165, 1.54) is 0 Å². The van der Waals surface area contributed by atoms with Gasteiger partial charge in [0.05, 0.1) is 6.04 Å². The lowest BCUT2D eigenvalue weighted by molar-refractivity contribution is 0.174. The third-order valence-corrected chi connectivity index (χ3v) is 2.59. The van der Waals surface area contributed by atoms with Crippen molar-refractivity contribution in [2.24, 2.45) is 10.9 Å². The quantitative estimate of drug-likeness (QED) is 0.318. The Labute approximate surface area is 99.0 Å². The Bertz CT molecular complexity index is 434. The molecule has 0 saturated carbocycles. The molecule has 0 radical (unpaired) electrons. The fourth-order valence-electron chi connectivity index (χ4n) is 1.64. The van der Waals surface area contributed by atoms with Crippen LogP contribution in [0.2, 0.25) is 0 Å². The average Bonchev–Trinajstić information content (AvgIpc) is 2.82. The van der Waals surface area contributed by atoms with Gasteiger partial charge < -0.3 is 25.7 Å². The zero-order chi connectivity index (χ0) is 12.3. The molecule has 6 heteroatoms. The maximum absolute atomic E-state index is 8.65. The maximum atomic E-state index is 8.65. The van der Waals surface area contributed by atoms with Gasteiger partial charge in [0.25, 0.3) is 0 Å². The number of nitrogens with one attached hydrogen (secondary N) is 1. The lowest BCUT2D eigenvalue weighted by Gasteiger charge is -2.16. The summed E-state index contributed by atoms with van der Waals surface area (Å²) < 4.78 is 10.5. The average molecular weight is 237 g/mol. The SMILES string of the molecule is CCC(Nc1ccc2c(c1)OCO2)C(N)=NO. The van der Waals surface area contributed by atoms with E-state index in [4.69, 9.17) is 20.4 Å². The molecular weight excluding hydrogens is 222 g/mol. The Morgan fingerprint density at radius 2 is 2.29 bits per heavy atom. The van der Waals surface area contributed by atoms with Gasteiger partial charge in [-0.3, -0.25) is 0 Å². The molecule has 0 spiro atoms. The number of fused-ring (bicyclic) bond motifs is 1. The van der Waals surface area contributed by atoms with Crippen molar-refractivity contribution in [1.82, 2.24) is 0 Å². The van der Waals surface area contributed by atoms with Gasteiger partial charge in [-0.15, -0.1) is 0 Å². The first-order valence-corrected chi connectivity index (χ1v) is 5.38. The lowest BCUT2D eigenvalue weighted by atomic mass is 10.2. The molecule has 0 bridgehead atoms. The molecule has 1 aliphatic rings. The highest BCUT2D eigenvalue weighted by atomic mass is 16.7. The molecule has 1 aromatic carbocycles.